The molecule has 1 aromatic rings. The lowest BCUT2D eigenvalue weighted by molar-refractivity contribution is 0.229. The van der Waals surface area contributed by atoms with Crippen LogP contribution in [0.1, 0.15) is 37.9 Å². The summed E-state index contributed by atoms with van der Waals surface area (Å²) in [6.07, 6.45) is 0. The first-order valence-corrected chi connectivity index (χ1v) is 6.28. The average molecular weight is 236 g/mol. The lowest BCUT2D eigenvalue weighted by Crippen LogP contribution is -2.26. The van der Waals surface area contributed by atoms with Crippen LogP contribution in [0, 0.1) is 0 Å². The highest BCUT2D eigenvalue weighted by atomic mass is 16.5. The fraction of sp³-hybridized carbons (Fsp3) is 0.571. The summed E-state index contributed by atoms with van der Waals surface area (Å²) in [6, 6.07) is 6.54. The summed E-state index contributed by atoms with van der Waals surface area (Å²) in [5, 5.41) is 0. The van der Waals surface area contributed by atoms with E-state index in [9.17, 15) is 0 Å². The van der Waals surface area contributed by atoms with Crippen LogP contribution in [0.25, 0.3) is 0 Å². The predicted octanol–water partition coefficient (Wildman–Crippen LogP) is 2.56. The number of ether oxygens (including phenoxy) is 1. The normalized spacial score (nSPS) is 12.8. The van der Waals surface area contributed by atoms with Gasteiger partial charge in [-0.3, -0.25) is 4.90 Å². The molecule has 0 spiro atoms. The van der Waals surface area contributed by atoms with Crippen LogP contribution < -0.4 is 10.5 Å². The Kier molecular flexibility index (Phi) is 5.45. The molecule has 17 heavy (non-hydrogen) atoms. The molecule has 0 aliphatic heterocycles. The maximum absolute atomic E-state index is 5.70. The number of methoxy groups -OCH3 is 1. The molecule has 3 nitrogen and oxygen atoms in total. The van der Waals surface area contributed by atoms with Gasteiger partial charge in [-0.25, -0.2) is 0 Å². The van der Waals surface area contributed by atoms with Crippen LogP contribution in [-0.4, -0.2) is 25.1 Å². The smallest absolute Gasteiger partial charge is 0.123 e. The van der Waals surface area contributed by atoms with Crippen LogP contribution in [-0.2, 0) is 6.54 Å². The largest absolute Gasteiger partial charge is 0.496 e. The molecular formula is C14H24N2O. The minimum absolute atomic E-state index is 0.353. The molecule has 1 unspecified atom stereocenters. The van der Waals surface area contributed by atoms with Crippen LogP contribution in [0.4, 0.5) is 0 Å². The fourth-order valence-electron chi connectivity index (χ4n) is 2.21. The van der Waals surface area contributed by atoms with Crippen molar-refractivity contribution >= 4 is 0 Å². The van der Waals surface area contributed by atoms with Crippen molar-refractivity contribution in [2.45, 2.75) is 33.4 Å². The Morgan fingerprint density at radius 1 is 1.29 bits per heavy atom. The average Bonchev–Trinajstić information content (AvgIpc) is 2.39. The van der Waals surface area contributed by atoms with Crippen LogP contribution in [0.15, 0.2) is 18.2 Å². The van der Waals surface area contributed by atoms with E-state index in [1.165, 1.54) is 5.56 Å². The Hall–Kier alpha value is -1.06. The van der Waals surface area contributed by atoms with Gasteiger partial charge in [0.1, 0.15) is 5.75 Å². The summed E-state index contributed by atoms with van der Waals surface area (Å²) >= 11 is 0. The molecule has 0 radical (unpaired) electrons. The summed E-state index contributed by atoms with van der Waals surface area (Å²) in [6.45, 7) is 9.22. The third kappa shape index (κ3) is 3.20. The number of nitrogens with zero attached hydrogens (tertiary/aromatic N) is 1. The zero-order valence-electron chi connectivity index (χ0n) is 11.4. The molecule has 0 aliphatic carbocycles. The van der Waals surface area contributed by atoms with E-state index in [2.05, 4.69) is 31.7 Å². The van der Waals surface area contributed by atoms with Gasteiger partial charge in [0.2, 0.25) is 0 Å². The van der Waals surface area contributed by atoms with Gasteiger partial charge >= 0.3 is 0 Å². The van der Waals surface area contributed by atoms with Gasteiger partial charge in [-0.05, 0) is 37.7 Å². The molecule has 1 aromatic carbocycles. The Morgan fingerprint density at radius 2 is 1.94 bits per heavy atom. The molecule has 0 amide bonds. The van der Waals surface area contributed by atoms with Gasteiger partial charge in [0, 0.05) is 18.2 Å². The number of hydrogen-bond acceptors (Lipinski definition) is 3. The van der Waals surface area contributed by atoms with E-state index in [1.807, 2.05) is 12.1 Å². The molecule has 0 aliphatic rings. The topological polar surface area (TPSA) is 38.5 Å². The summed E-state index contributed by atoms with van der Waals surface area (Å²) in [5.74, 6) is 0.946. The summed E-state index contributed by atoms with van der Waals surface area (Å²) in [7, 11) is 1.72. The van der Waals surface area contributed by atoms with Crippen molar-refractivity contribution in [3.05, 3.63) is 29.3 Å². The molecule has 1 rings (SSSR count). The van der Waals surface area contributed by atoms with Gasteiger partial charge in [-0.1, -0.05) is 19.9 Å². The van der Waals surface area contributed by atoms with Crippen LogP contribution in [0.5, 0.6) is 5.75 Å². The number of rotatable bonds is 6. The standard InChI is InChI=1S/C14H24N2O/c1-5-16(6-2)11(3)13-9-12(10-15)7-8-14(13)17-4/h7-9,11H,5-6,10,15H2,1-4H3. The summed E-state index contributed by atoms with van der Waals surface area (Å²) in [4.78, 5) is 2.40. The van der Waals surface area contributed by atoms with E-state index < -0.39 is 0 Å². The first-order chi connectivity index (χ1) is 8.17. The van der Waals surface area contributed by atoms with E-state index >= 15 is 0 Å². The second-order valence-electron chi connectivity index (χ2n) is 4.18. The zero-order chi connectivity index (χ0) is 12.8. The summed E-state index contributed by atoms with van der Waals surface area (Å²) in [5.41, 5.74) is 8.07. The Bertz CT molecular complexity index is 348. The molecule has 0 heterocycles. The molecule has 0 saturated heterocycles. The lowest BCUT2D eigenvalue weighted by Gasteiger charge is -2.28. The van der Waals surface area contributed by atoms with E-state index in [4.69, 9.17) is 10.5 Å². The lowest BCUT2D eigenvalue weighted by atomic mass is 10.0. The van der Waals surface area contributed by atoms with E-state index in [-0.39, 0.29) is 0 Å². The Balaban J connectivity index is 3.08. The van der Waals surface area contributed by atoms with Gasteiger partial charge in [-0.15, -0.1) is 0 Å². The van der Waals surface area contributed by atoms with Crippen molar-refractivity contribution in [2.24, 2.45) is 5.73 Å². The maximum Gasteiger partial charge on any atom is 0.123 e. The highest BCUT2D eigenvalue weighted by molar-refractivity contribution is 5.39. The molecular weight excluding hydrogens is 212 g/mol. The molecule has 96 valence electrons. The second-order valence-corrected chi connectivity index (χ2v) is 4.18. The Labute approximate surface area is 105 Å². The molecule has 0 aromatic heterocycles. The molecule has 0 fully saturated rings. The highest BCUT2D eigenvalue weighted by Crippen LogP contribution is 2.29. The van der Waals surface area contributed by atoms with Crippen molar-refractivity contribution < 1.29 is 4.74 Å². The fourth-order valence-corrected chi connectivity index (χ4v) is 2.21. The third-order valence-corrected chi connectivity index (χ3v) is 3.34. The first-order valence-electron chi connectivity index (χ1n) is 6.28. The molecule has 0 saturated carbocycles. The van der Waals surface area contributed by atoms with Crippen molar-refractivity contribution in [3.8, 4) is 5.75 Å². The summed E-state index contributed by atoms with van der Waals surface area (Å²) < 4.78 is 5.44. The van der Waals surface area contributed by atoms with Crippen LogP contribution in [0.3, 0.4) is 0 Å². The number of hydrogen-bond donors (Lipinski definition) is 1. The highest BCUT2D eigenvalue weighted by Gasteiger charge is 2.16. The maximum atomic E-state index is 5.70. The van der Waals surface area contributed by atoms with Crippen molar-refractivity contribution in [2.75, 3.05) is 20.2 Å². The quantitative estimate of drug-likeness (QED) is 0.825. The zero-order valence-corrected chi connectivity index (χ0v) is 11.4. The van der Waals surface area contributed by atoms with E-state index in [0.717, 1.165) is 24.4 Å². The van der Waals surface area contributed by atoms with Gasteiger partial charge < -0.3 is 10.5 Å². The van der Waals surface area contributed by atoms with Gasteiger partial charge in [0.25, 0.3) is 0 Å². The van der Waals surface area contributed by atoms with Crippen molar-refractivity contribution in [1.82, 2.24) is 4.90 Å². The predicted molar refractivity (Wildman–Crippen MR) is 72.2 cm³/mol. The minimum atomic E-state index is 0.353. The molecule has 2 N–H and O–H groups in total. The monoisotopic (exact) mass is 236 g/mol. The van der Waals surface area contributed by atoms with Crippen LogP contribution in [0.2, 0.25) is 0 Å². The van der Waals surface area contributed by atoms with Gasteiger partial charge in [0.15, 0.2) is 0 Å². The third-order valence-electron chi connectivity index (χ3n) is 3.34. The minimum Gasteiger partial charge on any atom is -0.496 e. The molecule has 0 bridgehead atoms. The second kappa shape index (κ2) is 6.62. The molecule has 3 heteroatoms. The SMILES string of the molecule is CCN(CC)C(C)c1cc(CN)ccc1OC. The van der Waals surface area contributed by atoms with Crippen LogP contribution >= 0.6 is 0 Å². The van der Waals surface area contributed by atoms with Crippen molar-refractivity contribution in [3.63, 3.8) is 0 Å². The van der Waals surface area contributed by atoms with Gasteiger partial charge in [-0.2, -0.15) is 0 Å². The number of nitrogens with two attached hydrogens (primary N) is 1. The van der Waals surface area contributed by atoms with Gasteiger partial charge in [0.05, 0.1) is 7.11 Å². The molecule has 1 atom stereocenters. The number of benzene rings is 1. The van der Waals surface area contributed by atoms with E-state index in [1.54, 1.807) is 7.11 Å². The Morgan fingerprint density at radius 3 is 2.41 bits per heavy atom. The van der Waals surface area contributed by atoms with E-state index in [0.29, 0.717) is 12.6 Å². The first kappa shape index (κ1) is 14.0. The van der Waals surface area contributed by atoms with Crippen molar-refractivity contribution in [1.29, 1.82) is 0 Å².